The summed E-state index contributed by atoms with van der Waals surface area (Å²) in [5.74, 6) is -0.575. The van der Waals surface area contributed by atoms with Crippen molar-refractivity contribution in [1.29, 1.82) is 0 Å². The maximum absolute atomic E-state index is 12.3. The largest absolute Gasteiger partial charge is 0.462 e. The van der Waals surface area contributed by atoms with Gasteiger partial charge < -0.3 is 18.9 Å². The van der Waals surface area contributed by atoms with Crippen LogP contribution in [0.1, 0.15) is 59.3 Å². The van der Waals surface area contributed by atoms with Crippen molar-refractivity contribution in [2.45, 2.75) is 88.8 Å². The third kappa shape index (κ3) is 3.43. The molecule has 4 aliphatic rings. The minimum Gasteiger partial charge on any atom is -0.462 e. The number of fused-ring (bicyclic) bond motifs is 2. The molecule has 2 heterocycles. The summed E-state index contributed by atoms with van der Waals surface area (Å²) in [7, 11) is 0. The number of rotatable bonds is 5. The van der Waals surface area contributed by atoms with Gasteiger partial charge in [0.15, 0.2) is 0 Å². The monoisotopic (exact) mass is 352 g/mol. The smallest absolute Gasteiger partial charge is 0.309 e. The van der Waals surface area contributed by atoms with Gasteiger partial charge in [-0.05, 0) is 59.3 Å². The Balaban J connectivity index is 1.17. The number of epoxide rings is 2. The van der Waals surface area contributed by atoms with E-state index in [1.165, 1.54) is 0 Å². The van der Waals surface area contributed by atoms with Gasteiger partial charge in [0, 0.05) is 0 Å². The van der Waals surface area contributed by atoms with E-state index in [1.54, 1.807) is 6.92 Å². The van der Waals surface area contributed by atoms with Crippen LogP contribution in [0.25, 0.3) is 0 Å². The highest BCUT2D eigenvalue weighted by molar-refractivity contribution is 5.74. The van der Waals surface area contributed by atoms with E-state index < -0.39 is 6.10 Å². The second kappa shape index (κ2) is 5.95. The molecule has 7 atom stereocenters. The Morgan fingerprint density at radius 2 is 1.52 bits per heavy atom. The van der Waals surface area contributed by atoms with Gasteiger partial charge in [-0.25, -0.2) is 0 Å². The van der Waals surface area contributed by atoms with Crippen LogP contribution in [0.3, 0.4) is 0 Å². The van der Waals surface area contributed by atoms with E-state index in [2.05, 4.69) is 13.8 Å². The molecule has 0 spiro atoms. The van der Waals surface area contributed by atoms with E-state index in [4.69, 9.17) is 18.9 Å². The minimum absolute atomic E-state index is 0.000723. The zero-order valence-electron chi connectivity index (χ0n) is 15.3. The maximum atomic E-state index is 12.3. The van der Waals surface area contributed by atoms with Gasteiger partial charge in [-0.15, -0.1) is 0 Å². The molecule has 0 radical (unpaired) electrons. The topological polar surface area (TPSA) is 77.7 Å². The van der Waals surface area contributed by atoms with Gasteiger partial charge in [0.2, 0.25) is 0 Å². The fourth-order valence-corrected chi connectivity index (χ4v) is 4.36. The summed E-state index contributed by atoms with van der Waals surface area (Å²) in [4.78, 5) is 24.5. The highest BCUT2D eigenvalue weighted by atomic mass is 16.6. The van der Waals surface area contributed by atoms with Crippen LogP contribution in [0.5, 0.6) is 0 Å². The van der Waals surface area contributed by atoms with Gasteiger partial charge in [0.05, 0.1) is 35.2 Å². The second-order valence-electron chi connectivity index (χ2n) is 8.66. The zero-order valence-corrected chi connectivity index (χ0v) is 15.3. The number of esters is 2. The lowest BCUT2D eigenvalue weighted by Crippen LogP contribution is -2.33. The van der Waals surface area contributed by atoms with Crippen LogP contribution in [0.15, 0.2) is 0 Å². The first-order chi connectivity index (χ1) is 11.8. The summed E-state index contributed by atoms with van der Waals surface area (Å²) in [5, 5.41) is 0. The average molecular weight is 352 g/mol. The SMILES string of the molecule is CC(COC(=O)C1CCC2(C)OC2C1)OC(=O)C1CCC2(C)OC2C1. The zero-order chi connectivity index (χ0) is 17.8. The van der Waals surface area contributed by atoms with Crippen molar-refractivity contribution in [2.24, 2.45) is 11.8 Å². The molecule has 0 amide bonds. The number of ether oxygens (including phenoxy) is 4. The molecule has 0 aromatic heterocycles. The van der Waals surface area contributed by atoms with Crippen LogP contribution in [-0.2, 0) is 28.5 Å². The normalized spacial score (nSPS) is 45.6. The van der Waals surface area contributed by atoms with E-state index in [-0.39, 0.29) is 53.8 Å². The van der Waals surface area contributed by atoms with Gasteiger partial charge in [-0.3, -0.25) is 9.59 Å². The third-order valence-corrected chi connectivity index (χ3v) is 6.49. The van der Waals surface area contributed by atoms with Crippen LogP contribution >= 0.6 is 0 Å². The number of carbonyl (C=O) groups is 2. The fraction of sp³-hybridized carbons (Fsp3) is 0.895. The molecule has 2 aliphatic carbocycles. The summed E-state index contributed by atoms with van der Waals surface area (Å²) in [6.07, 6.45) is 4.90. The molecule has 140 valence electrons. The highest BCUT2D eigenvalue weighted by Gasteiger charge is 2.57. The summed E-state index contributed by atoms with van der Waals surface area (Å²) < 4.78 is 22.1. The molecule has 0 bridgehead atoms. The first-order valence-corrected chi connectivity index (χ1v) is 9.52. The minimum atomic E-state index is -0.420. The standard InChI is InChI=1S/C19H28O6/c1-11(23-17(21)13-5-7-19(3)15(9-13)25-19)10-22-16(20)12-4-6-18(2)14(8-12)24-18/h11-15H,4-10H2,1-3H3. The van der Waals surface area contributed by atoms with Crippen LogP contribution in [0, 0.1) is 11.8 Å². The summed E-state index contributed by atoms with van der Waals surface area (Å²) in [5.41, 5.74) is 0.000216. The van der Waals surface area contributed by atoms with Gasteiger partial charge >= 0.3 is 11.9 Å². The van der Waals surface area contributed by atoms with E-state index in [9.17, 15) is 9.59 Å². The quantitative estimate of drug-likeness (QED) is 0.558. The van der Waals surface area contributed by atoms with Crippen molar-refractivity contribution in [1.82, 2.24) is 0 Å². The van der Waals surface area contributed by atoms with Crippen LogP contribution in [0.2, 0.25) is 0 Å². The second-order valence-corrected chi connectivity index (χ2v) is 8.66. The molecule has 4 rings (SSSR count). The molecule has 6 heteroatoms. The molecule has 0 aromatic carbocycles. The van der Waals surface area contributed by atoms with Gasteiger partial charge in [-0.1, -0.05) is 0 Å². The molecule has 2 aliphatic heterocycles. The van der Waals surface area contributed by atoms with Crippen LogP contribution in [-0.4, -0.2) is 48.1 Å². The Hall–Kier alpha value is -1.14. The summed E-state index contributed by atoms with van der Waals surface area (Å²) in [6, 6.07) is 0. The molecule has 0 N–H and O–H groups in total. The Kier molecular flexibility index (Phi) is 4.11. The van der Waals surface area contributed by atoms with Gasteiger partial charge in [0.1, 0.15) is 12.7 Å². The van der Waals surface area contributed by atoms with E-state index >= 15 is 0 Å². The number of hydrogen-bond donors (Lipinski definition) is 0. The van der Waals surface area contributed by atoms with Gasteiger partial charge in [0.25, 0.3) is 0 Å². The molecule has 25 heavy (non-hydrogen) atoms. The van der Waals surface area contributed by atoms with Crippen LogP contribution < -0.4 is 0 Å². The van der Waals surface area contributed by atoms with Crippen molar-refractivity contribution in [3.63, 3.8) is 0 Å². The Morgan fingerprint density at radius 1 is 1.00 bits per heavy atom. The molecular weight excluding hydrogens is 324 g/mol. The van der Waals surface area contributed by atoms with Gasteiger partial charge in [-0.2, -0.15) is 0 Å². The number of carbonyl (C=O) groups excluding carboxylic acids is 2. The molecule has 4 fully saturated rings. The third-order valence-electron chi connectivity index (χ3n) is 6.49. The first-order valence-electron chi connectivity index (χ1n) is 9.52. The van der Waals surface area contributed by atoms with Crippen molar-refractivity contribution >= 4 is 11.9 Å². The Bertz CT molecular complexity index is 576. The average Bonchev–Trinajstić information content (AvgIpc) is 3.43. The van der Waals surface area contributed by atoms with E-state index in [1.807, 2.05) is 0 Å². The fourth-order valence-electron chi connectivity index (χ4n) is 4.36. The first kappa shape index (κ1) is 17.3. The maximum Gasteiger partial charge on any atom is 0.309 e. The summed E-state index contributed by atoms with van der Waals surface area (Å²) >= 11 is 0. The Morgan fingerprint density at radius 3 is 2.04 bits per heavy atom. The van der Waals surface area contributed by atoms with Crippen molar-refractivity contribution in [3.05, 3.63) is 0 Å². The molecule has 6 nitrogen and oxygen atoms in total. The lowest BCUT2D eigenvalue weighted by Gasteiger charge is -2.24. The highest BCUT2D eigenvalue weighted by Crippen LogP contribution is 2.50. The predicted octanol–water partition coefficient (Wildman–Crippen LogP) is 2.38. The van der Waals surface area contributed by atoms with Crippen molar-refractivity contribution in [3.8, 4) is 0 Å². The molecule has 7 unspecified atom stereocenters. The van der Waals surface area contributed by atoms with E-state index in [0.717, 1.165) is 38.5 Å². The molecule has 2 saturated heterocycles. The molecular formula is C19H28O6. The molecule has 0 aromatic rings. The lowest BCUT2D eigenvalue weighted by atomic mass is 9.83. The van der Waals surface area contributed by atoms with E-state index in [0.29, 0.717) is 0 Å². The summed E-state index contributed by atoms with van der Waals surface area (Å²) in [6.45, 7) is 6.09. The molecule has 2 saturated carbocycles. The lowest BCUT2D eigenvalue weighted by molar-refractivity contribution is -0.164. The van der Waals surface area contributed by atoms with Crippen molar-refractivity contribution < 1.29 is 28.5 Å². The van der Waals surface area contributed by atoms with Crippen molar-refractivity contribution in [2.75, 3.05) is 6.61 Å². The van der Waals surface area contributed by atoms with Crippen LogP contribution in [0.4, 0.5) is 0 Å². The predicted molar refractivity (Wildman–Crippen MR) is 87.8 cm³/mol. The number of hydrogen-bond acceptors (Lipinski definition) is 6. The Labute approximate surface area is 148 Å².